The lowest BCUT2D eigenvalue weighted by Crippen LogP contribution is -2.10. The van der Waals surface area contributed by atoms with Crippen LogP contribution in [-0.4, -0.2) is 9.13 Å². The first-order valence-electron chi connectivity index (χ1n) is 36.9. The van der Waals surface area contributed by atoms with E-state index in [4.69, 9.17) is 8.83 Å². The van der Waals surface area contributed by atoms with E-state index in [1.165, 1.54) is 81.9 Å². The van der Waals surface area contributed by atoms with Crippen molar-refractivity contribution in [3.63, 3.8) is 0 Å². The van der Waals surface area contributed by atoms with E-state index in [0.717, 1.165) is 128 Å². The van der Waals surface area contributed by atoms with Crippen LogP contribution >= 0.6 is 0 Å². The molecular formula is C102H64N4O2. The van der Waals surface area contributed by atoms with Crippen LogP contribution in [0.3, 0.4) is 0 Å². The summed E-state index contributed by atoms with van der Waals surface area (Å²) in [6, 6.07) is 141. The van der Waals surface area contributed by atoms with Crippen LogP contribution in [0.2, 0.25) is 0 Å². The van der Waals surface area contributed by atoms with E-state index in [1.54, 1.807) is 0 Å². The predicted molar refractivity (Wildman–Crippen MR) is 453 cm³/mol. The summed E-state index contributed by atoms with van der Waals surface area (Å²) in [5.41, 5.74) is 25.9. The van der Waals surface area contributed by atoms with Gasteiger partial charge in [0.05, 0.1) is 27.8 Å². The highest BCUT2D eigenvalue weighted by atomic mass is 16.3. The molecule has 0 saturated heterocycles. The molecule has 0 unspecified atom stereocenters. The van der Waals surface area contributed by atoms with Crippen LogP contribution in [0, 0.1) is 0 Å². The van der Waals surface area contributed by atoms with Gasteiger partial charge in [0.15, 0.2) is 0 Å². The van der Waals surface area contributed by atoms with Gasteiger partial charge in [-0.25, -0.2) is 0 Å². The quantitative estimate of drug-likeness (QED) is 0.122. The molecule has 22 aromatic rings. The fourth-order valence-corrected chi connectivity index (χ4v) is 17.3. The predicted octanol–water partition coefficient (Wildman–Crippen LogP) is 28.7. The van der Waals surface area contributed by atoms with Crippen LogP contribution in [0.25, 0.3) is 176 Å². The van der Waals surface area contributed by atoms with E-state index in [9.17, 15) is 0 Å². The molecule has 18 aromatic carbocycles. The topological polar surface area (TPSA) is 42.6 Å². The Balaban J connectivity index is 0.613. The summed E-state index contributed by atoms with van der Waals surface area (Å²) in [6.07, 6.45) is 0. The molecule has 0 spiro atoms. The number of anilines is 6. The van der Waals surface area contributed by atoms with Gasteiger partial charge in [0.1, 0.15) is 22.3 Å². The highest BCUT2D eigenvalue weighted by Gasteiger charge is 2.24. The SMILES string of the molecule is c1ccc(-n2c3ccccc3c3cc(-c4ccc(N(c5ccc(-c6cccc7ccccc67)cc5)c5ccc6oc7cc(-c8ccc9c(-c%10ccc(N(c%11ccc%12oc%13ccccc%13c%12c%11)c%11ccc%12c(c%11)c%11ccccc%11n%12-c%11ccccc%11)cc%10)cccc9c8)ccc7c6c5)c5ccccc45)ccc32)cc1. The summed E-state index contributed by atoms with van der Waals surface area (Å²) < 4.78 is 18.0. The van der Waals surface area contributed by atoms with Crippen molar-refractivity contribution in [2.24, 2.45) is 0 Å². The zero-order valence-electron chi connectivity index (χ0n) is 58.6. The maximum absolute atomic E-state index is 6.88. The second kappa shape index (κ2) is 24.6. The van der Waals surface area contributed by atoms with Gasteiger partial charge in [-0.3, -0.25) is 0 Å². The Morgan fingerprint density at radius 2 is 0.593 bits per heavy atom. The smallest absolute Gasteiger partial charge is 0.136 e. The van der Waals surface area contributed by atoms with Crippen LogP contribution in [0.15, 0.2) is 397 Å². The van der Waals surface area contributed by atoms with Crippen molar-refractivity contribution in [2.45, 2.75) is 0 Å². The second-order valence-electron chi connectivity index (χ2n) is 28.3. The van der Waals surface area contributed by atoms with Crippen molar-refractivity contribution >= 4 is 154 Å². The number of para-hydroxylation sites is 5. The molecule has 0 aliphatic carbocycles. The van der Waals surface area contributed by atoms with Crippen molar-refractivity contribution in [3.8, 4) is 55.9 Å². The van der Waals surface area contributed by atoms with Gasteiger partial charge in [0.25, 0.3) is 0 Å². The van der Waals surface area contributed by atoms with Crippen LogP contribution in [0.1, 0.15) is 0 Å². The Morgan fingerprint density at radius 3 is 1.25 bits per heavy atom. The third-order valence-electron chi connectivity index (χ3n) is 22.3. The minimum atomic E-state index is 0.833. The lowest BCUT2D eigenvalue weighted by Gasteiger charge is -2.28. The summed E-state index contributed by atoms with van der Waals surface area (Å²) in [7, 11) is 0. The van der Waals surface area contributed by atoms with E-state index in [2.05, 4.69) is 395 Å². The number of rotatable bonds is 12. The Kier molecular flexibility index (Phi) is 13.9. The number of fused-ring (bicyclic) bond motifs is 15. The summed E-state index contributed by atoms with van der Waals surface area (Å²) in [6.45, 7) is 0. The molecule has 6 heteroatoms. The first-order valence-corrected chi connectivity index (χ1v) is 36.9. The number of hydrogen-bond donors (Lipinski definition) is 0. The lowest BCUT2D eigenvalue weighted by atomic mass is 9.94. The van der Waals surface area contributed by atoms with Crippen LogP contribution in [0.4, 0.5) is 34.1 Å². The Morgan fingerprint density at radius 1 is 0.185 bits per heavy atom. The van der Waals surface area contributed by atoms with Gasteiger partial charge in [-0.15, -0.1) is 0 Å². The zero-order chi connectivity index (χ0) is 70.9. The molecule has 4 heterocycles. The Hall–Kier alpha value is -14.5. The molecule has 0 saturated carbocycles. The average Bonchev–Trinajstić information content (AvgIpc) is 1.43. The molecule has 504 valence electrons. The highest BCUT2D eigenvalue weighted by Crippen LogP contribution is 2.48. The molecule has 0 atom stereocenters. The lowest BCUT2D eigenvalue weighted by molar-refractivity contribution is 0.668. The third-order valence-corrected chi connectivity index (χ3v) is 22.3. The molecule has 0 fully saturated rings. The molecule has 108 heavy (non-hydrogen) atoms. The number of aromatic nitrogens is 2. The van der Waals surface area contributed by atoms with Gasteiger partial charge in [0, 0.05) is 88.3 Å². The molecule has 4 aromatic heterocycles. The minimum absolute atomic E-state index is 0.833. The van der Waals surface area contributed by atoms with Gasteiger partial charge in [-0.05, 0) is 229 Å². The minimum Gasteiger partial charge on any atom is -0.456 e. The van der Waals surface area contributed by atoms with Gasteiger partial charge < -0.3 is 27.8 Å². The highest BCUT2D eigenvalue weighted by molar-refractivity contribution is 6.16. The molecular weight excluding hydrogens is 1310 g/mol. The summed E-state index contributed by atoms with van der Waals surface area (Å²) in [4.78, 5) is 4.80. The van der Waals surface area contributed by atoms with E-state index < -0.39 is 0 Å². The first-order chi connectivity index (χ1) is 53.5. The van der Waals surface area contributed by atoms with Crippen molar-refractivity contribution in [1.29, 1.82) is 0 Å². The zero-order valence-corrected chi connectivity index (χ0v) is 58.6. The molecule has 0 aliphatic rings. The van der Waals surface area contributed by atoms with Gasteiger partial charge >= 0.3 is 0 Å². The molecule has 0 bridgehead atoms. The Labute approximate surface area is 621 Å². The molecule has 0 aliphatic heterocycles. The van der Waals surface area contributed by atoms with E-state index >= 15 is 0 Å². The standard InChI is InChI=1S/C102H64N4O2/c1-3-22-72(23-4-1)105-94-34-14-11-29-86(94)90-60-71(43-54-97(90)105)83-53-56-96(85-28-10-9-27-84(83)85)104(75-46-39-66(40-47-75)80-32-17-20-65-19-7-8-26-79(65)80)78-50-58-101-93(64-78)89-52-42-69(61-102(89)108-101)68-41-51-82-70(59-68)21-18-33-81(82)67-37-44-74(45-38-67)103(77-49-57-100-92(63-77)88-31-13-16-36-99(88)107-100)76-48-55-98-91(62-76)87-30-12-15-35-95(87)106(98)73-24-5-2-6-25-73/h1-64H. The van der Waals surface area contributed by atoms with Gasteiger partial charge in [0.2, 0.25) is 0 Å². The third kappa shape index (κ3) is 9.88. The van der Waals surface area contributed by atoms with Crippen LogP contribution < -0.4 is 9.80 Å². The normalized spacial score (nSPS) is 11.9. The number of hydrogen-bond acceptors (Lipinski definition) is 4. The van der Waals surface area contributed by atoms with Crippen molar-refractivity contribution < 1.29 is 8.83 Å². The number of benzene rings is 18. The van der Waals surface area contributed by atoms with Crippen molar-refractivity contribution in [2.75, 3.05) is 9.80 Å². The maximum Gasteiger partial charge on any atom is 0.136 e. The monoisotopic (exact) mass is 1380 g/mol. The van der Waals surface area contributed by atoms with Crippen LogP contribution in [-0.2, 0) is 0 Å². The van der Waals surface area contributed by atoms with Crippen molar-refractivity contribution in [1.82, 2.24) is 9.13 Å². The summed E-state index contributed by atoms with van der Waals surface area (Å²) >= 11 is 0. The average molecular weight is 1380 g/mol. The molecule has 6 nitrogen and oxygen atoms in total. The summed E-state index contributed by atoms with van der Waals surface area (Å²) in [5.74, 6) is 0. The molecule has 0 N–H and O–H groups in total. The number of furan rings is 2. The number of nitrogens with zero attached hydrogens (tertiary/aromatic N) is 4. The first kappa shape index (κ1) is 61.1. The Bertz CT molecular complexity index is 7360. The fourth-order valence-electron chi connectivity index (χ4n) is 17.3. The van der Waals surface area contributed by atoms with E-state index in [-0.39, 0.29) is 0 Å². The second-order valence-corrected chi connectivity index (χ2v) is 28.3. The van der Waals surface area contributed by atoms with E-state index in [0.29, 0.717) is 0 Å². The largest absolute Gasteiger partial charge is 0.456 e. The van der Waals surface area contributed by atoms with Crippen LogP contribution in [0.5, 0.6) is 0 Å². The fraction of sp³-hybridized carbons (Fsp3) is 0. The molecule has 22 rings (SSSR count). The van der Waals surface area contributed by atoms with Gasteiger partial charge in [-0.1, -0.05) is 231 Å². The van der Waals surface area contributed by atoms with Gasteiger partial charge in [-0.2, -0.15) is 0 Å². The maximum atomic E-state index is 6.88. The molecule has 0 radical (unpaired) electrons. The molecule has 0 amide bonds. The van der Waals surface area contributed by atoms with E-state index in [1.807, 2.05) is 12.1 Å². The summed E-state index contributed by atoms with van der Waals surface area (Å²) in [5, 5.41) is 16.2. The van der Waals surface area contributed by atoms with Crippen molar-refractivity contribution in [3.05, 3.63) is 388 Å².